The third-order valence-electron chi connectivity index (χ3n) is 7.68. The van der Waals surface area contributed by atoms with E-state index in [2.05, 4.69) is 18.2 Å². The van der Waals surface area contributed by atoms with Crippen molar-refractivity contribution in [1.82, 2.24) is 4.90 Å². The van der Waals surface area contributed by atoms with Crippen LogP contribution in [-0.2, 0) is 26.3 Å². The zero-order chi connectivity index (χ0) is 19.8. The van der Waals surface area contributed by atoms with Crippen molar-refractivity contribution >= 4 is 17.5 Å². The predicted molar refractivity (Wildman–Crippen MR) is 108 cm³/mol. The molecule has 5 heteroatoms. The van der Waals surface area contributed by atoms with Gasteiger partial charge in [0.2, 0.25) is 11.8 Å². The van der Waals surface area contributed by atoms with Crippen molar-refractivity contribution in [2.24, 2.45) is 11.8 Å². The molecule has 4 fully saturated rings. The van der Waals surface area contributed by atoms with Crippen LogP contribution in [0.25, 0.3) is 0 Å². The van der Waals surface area contributed by atoms with Crippen molar-refractivity contribution in [3.05, 3.63) is 65.7 Å². The van der Waals surface area contributed by atoms with Gasteiger partial charge in [0.05, 0.1) is 12.7 Å². The Hall–Kier alpha value is -2.66. The van der Waals surface area contributed by atoms with Gasteiger partial charge in [0.25, 0.3) is 0 Å². The summed E-state index contributed by atoms with van der Waals surface area (Å²) in [4.78, 5) is 30.8. The van der Waals surface area contributed by atoms with Crippen molar-refractivity contribution in [3.8, 4) is 0 Å². The molecule has 2 aromatic rings. The summed E-state index contributed by atoms with van der Waals surface area (Å²) in [7, 11) is 1.86. The number of amides is 2. The number of carbonyl (C=O) groups is 2. The number of rotatable bonds is 2. The van der Waals surface area contributed by atoms with Gasteiger partial charge in [-0.15, -0.1) is 0 Å². The van der Waals surface area contributed by atoms with E-state index in [0.29, 0.717) is 26.0 Å². The number of likely N-dealkylation sites (tertiary alicyclic amines) is 1. The number of anilines is 1. The second kappa shape index (κ2) is 5.92. The first-order valence-electron chi connectivity index (χ1n) is 10.4. The van der Waals surface area contributed by atoms with Crippen LogP contribution >= 0.6 is 0 Å². The Morgan fingerprint density at radius 2 is 1.83 bits per heavy atom. The summed E-state index contributed by atoms with van der Waals surface area (Å²) in [5.41, 5.74) is 2.49. The van der Waals surface area contributed by atoms with E-state index in [1.54, 1.807) is 4.90 Å². The SMILES string of the molecule is CN1C(=O)[C@]2(C[C@@H]3[C@@H]4CO[C@@H]2C[C@@H]4C(=O)N3Cc2ccccc2)c2ccccc21. The van der Waals surface area contributed by atoms with Gasteiger partial charge < -0.3 is 14.5 Å². The van der Waals surface area contributed by atoms with E-state index in [9.17, 15) is 9.59 Å². The minimum absolute atomic E-state index is 0.0312. The monoisotopic (exact) mass is 388 g/mol. The molecule has 4 aliphatic heterocycles. The Morgan fingerprint density at radius 1 is 1.07 bits per heavy atom. The second-order valence-corrected chi connectivity index (χ2v) is 8.90. The summed E-state index contributed by atoms with van der Waals surface area (Å²) in [6.07, 6.45) is 1.06. The van der Waals surface area contributed by atoms with E-state index in [-0.39, 0.29) is 35.8 Å². The molecular formula is C24H24N2O3. The first-order chi connectivity index (χ1) is 14.1. The summed E-state index contributed by atoms with van der Waals surface area (Å²) >= 11 is 0. The topological polar surface area (TPSA) is 49.9 Å². The Kier molecular flexibility index (Phi) is 3.52. The molecule has 3 saturated heterocycles. The van der Waals surface area contributed by atoms with Crippen molar-refractivity contribution in [2.75, 3.05) is 18.6 Å². The molecule has 4 heterocycles. The Bertz CT molecular complexity index is 1010. The number of benzene rings is 2. The van der Waals surface area contributed by atoms with Crippen LogP contribution in [0.1, 0.15) is 24.0 Å². The molecule has 0 unspecified atom stereocenters. The van der Waals surface area contributed by atoms with E-state index in [1.807, 2.05) is 48.3 Å². The number of hydrogen-bond acceptors (Lipinski definition) is 3. The zero-order valence-corrected chi connectivity index (χ0v) is 16.5. The van der Waals surface area contributed by atoms with Gasteiger partial charge in [-0.3, -0.25) is 9.59 Å². The third kappa shape index (κ3) is 2.14. The normalized spacial score (nSPS) is 34.8. The number of hydrogen-bond donors (Lipinski definition) is 0. The number of fused-ring (bicyclic) bond motifs is 2. The van der Waals surface area contributed by atoms with Crippen molar-refractivity contribution in [3.63, 3.8) is 0 Å². The first-order valence-corrected chi connectivity index (χ1v) is 10.4. The number of para-hydroxylation sites is 1. The summed E-state index contributed by atoms with van der Waals surface area (Å²) in [6, 6.07) is 18.3. The molecule has 5 aliphatic rings. The van der Waals surface area contributed by atoms with Gasteiger partial charge in [0, 0.05) is 37.2 Å². The Morgan fingerprint density at radius 3 is 2.66 bits per heavy atom. The van der Waals surface area contributed by atoms with Crippen molar-refractivity contribution in [1.29, 1.82) is 0 Å². The summed E-state index contributed by atoms with van der Waals surface area (Å²) in [5, 5.41) is 0. The van der Waals surface area contributed by atoms with Crippen LogP contribution in [-0.4, -0.2) is 42.5 Å². The molecule has 1 saturated carbocycles. The lowest BCUT2D eigenvalue weighted by Gasteiger charge is -2.39. The van der Waals surface area contributed by atoms with Gasteiger partial charge in [0.15, 0.2) is 0 Å². The highest BCUT2D eigenvalue weighted by atomic mass is 16.5. The lowest BCUT2D eigenvalue weighted by molar-refractivity contribution is -0.143. The molecule has 0 aromatic heterocycles. The van der Waals surface area contributed by atoms with Crippen molar-refractivity contribution in [2.45, 2.75) is 36.9 Å². The lowest BCUT2D eigenvalue weighted by Crippen LogP contribution is -2.53. The maximum Gasteiger partial charge on any atom is 0.240 e. The highest BCUT2D eigenvalue weighted by molar-refractivity contribution is 6.08. The van der Waals surface area contributed by atoms with E-state index in [0.717, 1.165) is 16.8 Å². The molecule has 5 atom stereocenters. The van der Waals surface area contributed by atoms with Gasteiger partial charge in [-0.1, -0.05) is 48.5 Å². The maximum absolute atomic E-state index is 13.6. The number of carbonyl (C=O) groups excluding carboxylic acids is 2. The van der Waals surface area contributed by atoms with Crippen LogP contribution in [0.2, 0.25) is 0 Å². The molecule has 29 heavy (non-hydrogen) atoms. The quantitative estimate of drug-likeness (QED) is 0.795. The molecular weight excluding hydrogens is 364 g/mol. The van der Waals surface area contributed by atoms with Crippen LogP contribution in [0.4, 0.5) is 5.69 Å². The smallest absolute Gasteiger partial charge is 0.240 e. The minimum atomic E-state index is -0.685. The van der Waals surface area contributed by atoms with Gasteiger partial charge in [-0.2, -0.15) is 0 Å². The Labute approximate surface area is 170 Å². The Balaban J connectivity index is 1.46. The molecule has 1 spiro atoms. The molecule has 2 amide bonds. The van der Waals surface area contributed by atoms with Gasteiger partial charge >= 0.3 is 0 Å². The fourth-order valence-corrected chi connectivity index (χ4v) is 6.30. The summed E-state index contributed by atoms with van der Waals surface area (Å²) in [5.74, 6) is 0.489. The van der Waals surface area contributed by atoms with Crippen molar-refractivity contribution < 1.29 is 14.3 Å². The average molecular weight is 388 g/mol. The lowest BCUT2D eigenvalue weighted by atomic mass is 9.71. The number of likely N-dealkylation sites (N-methyl/N-ethyl adjacent to an activating group) is 1. The number of nitrogens with zero attached hydrogens (tertiary/aromatic N) is 2. The standard InChI is InChI=1S/C24H24N2O3/c1-25-19-10-6-5-9-18(19)24(23(25)28)12-20-17-14-29-21(24)11-16(17)22(27)26(20)13-15-7-3-2-4-8-15/h2-10,16-17,20-21H,11-14H2,1H3/t16-,17+,20+,21+,24+/m0/s1. The fourth-order valence-electron chi connectivity index (χ4n) is 6.30. The third-order valence-corrected chi connectivity index (χ3v) is 7.68. The fraction of sp³-hybridized carbons (Fsp3) is 0.417. The molecule has 5 nitrogen and oxygen atoms in total. The molecule has 1 aliphatic carbocycles. The largest absolute Gasteiger partial charge is 0.376 e. The molecule has 0 radical (unpaired) electrons. The van der Waals surface area contributed by atoms with E-state index in [1.165, 1.54) is 0 Å². The highest BCUT2D eigenvalue weighted by Crippen LogP contribution is 2.57. The van der Waals surface area contributed by atoms with Crippen LogP contribution in [0.15, 0.2) is 54.6 Å². The molecule has 2 aromatic carbocycles. The van der Waals surface area contributed by atoms with Gasteiger partial charge in [-0.05, 0) is 30.0 Å². The molecule has 7 rings (SSSR count). The average Bonchev–Trinajstić information content (AvgIpc) is 2.99. The zero-order valence-electron chi connectivity index (χ0n) is 16.5. The maximum atomic E-state index is 13.6. The van der Waals surface area contributed by atoms with Crippen LogP contribution in [0.3, 0.4) is 0 Å². The van der Waals surface area contributed by atoms with Gasteiger partial charge in [-0.25, -0.2) is 0 Å². The first kappa shape index (κ1) is 17.2. The molecule has 4 bridgehead atoms. The van der Waals surface area contributed by atoms with E-state index >= 15 is 0 Å². The van der Waals surface area contributed by atoms with Gasteiger partial charge in [0.1, 0.15) is 5.41 Å². The molecule has 148 valence electrons. The molecule has 0 N–H and O–H groups in total. The van der Waals surface area contributed by atoms with E-state index in [4.69, 9.17) is 4.74 Å². The van der Waals surface area contributed by atoms with Crippen LogP contribution < -0.4 is 4.90 Å². The number of ether oxygens (including phenoxy) is 1. The second-order valence-electron chi connectivity index (χ2n) is 8.90. The van der Waals surface area contributed by atoms with Crippen LogP contribution in [0.5, 0.6) is 0 Å². The van der Waals surface area contributed by atoms with Crippen LogP contribution in [0, 0.1) is 11.8 Å². The van der Waals surface area contributed by atoms with E-state index < -0.39 is 5.41 Å². The minimum Gasteiger partial charge on any atom is -0.376 e. The summed E-state index contributed by atoms with van der Waals surface area (Å²) < 4.78 is 6.32. The summed E-state index contributed by atoms with van der Waals surface area (Å²) in [6.45, 7) is 1.17. The predicted octanol–water partition coefficient (Wildman–Crippen LogP) is 2.74. The highest BCUT2D eigenvalue weighted by Gasteiger charge is 2.66.